The molecule has 1 N–H and O–H groups in total. The largest absolute Gasteiger partial charge is 0.396 e. The number of hydrogen-bond donors (Lipinski definition) is 1. The van der Waals surface area contributed by atoms with Crippen LogP contribution in [-0.2, 0) is 4.74 Å². The smallest absolute Gasteiger partial charge is 0.170 e. The summed E-state index contributed by atoms with van der Waals surface area (Å²) in [5.74, 6) is 0. The van der Waals surface area contributed by atoms with Gasteiger partial charge in [-0.15, -0.1) is 0 Å². The Morgan fingerprint density at radius 1 is 1.56 bits per heavy atom. The molecule has 1 unspecified atom stereocenters. The molecule has 0 fully saturated rings. The first-order chi connectivity index (χ1) is 7.69. The molecule has 1 atom stereocenters. The molecular weight excluding hydrogens is 293 g/mol. The monoisotopic (exact) mass is 303 g/mol. The molecule has 3 nitrogen and oxygen atoms in total. The van der Waals surface area contributed by atoms with Gasteiger partial charge in [-0.1, -0.05) is 27.5 Å². The molecule has 0 radical (unpaired) electrons. The number of nitrogens with zero attached hydrogens (tertiary/aromatic N) is 1. The van der Waals surface area contributed by atoms with Gasteiger partial charge in [0.15, 0.2) is 6.10 Å². The second-order valence-electron chi connectivity index (χ2n) is 3.12. The number of halogens is 2. The Balaban J connectivity index is 2.79. The van der Waals surface area contributed by atoms with E-state index in [1.54, 1.807) is 18.2 Å². The molecule has 1 aromatic rings. The van der Waals surface area contributed by atoms with Crippen molar-refractivity contribution in [3.63, 3.8) is 0 Å². The number of hydrogen-bond acceptors (Lipinski definition) is 3. The molecule has 0 aliphatic rings. The molecule has 0 amide bonds. The van der Waals surface area contributed by atoms with Crippen molar-refractivity contribution in [2.24, 2.45) is 0 Å². The first-order valence-electron chi connectivity index (χ1n) is 4.76. The van der Waals surface area contributed by atoms with Gasteiger partial charge in [-0.25, -0.2) is 0 Å². The molecule has 1 aromatic carbocycles. The molecule has 0 bridgehead atoms. The number of aliphatic hydroxyl groups excluding tert-OH is 1. The first-order valence-corrected chi connectivity index (χ1v) is 5.93. The summed E-state index contributed by atoms with van der Waals surface area (Å²) in [5, 5.41) is 18.1. The average Bonchev–Trinajstić information content (AvgIpc) is 2.28. The highest BCUT2D eigenvalue weighted by Gasteiger charge is 2.14. The molecule has 0 aliphatic carbocycles. The zero-order chi connectivity index (χ0) is 12.0. The minimum atomic E-state index is -0.698. The van der Waals surface area contributed by atoms with E-state index in [1.165, 1.54) is 0 Å². The Morgan fingerprint density at radius 2 is 2.31 bits per heavy atom. The second-order valence-corrected chi connectivity index (χ2v) is 4.45. The Bertz CT molecular complexity index is 392. The maximum Gasteiger partial charge on any atom is 0.170 e. The van der Waals surface area contributed by atoms with Crippen LogP contribution in [0.2, 0.25) is 5.02 Å². The van der Waals surface area contributed by atoms with Crippen LogP contribution in [0.3, 0.4) is 0 Å². The van der Waals surface area contributed by atoms with E-state index in [1.807, 2.05) is 6.07 Å². The van der Waals surface area contributed by atoms with Crippen molar-refractivity contribution in [1.82, 2.24) is 0 Å². The molecule has 1 rings (SSSR count). The third-order valence-corrected chi connectivity index (χ3v) is 2.78. The summed E-state index contributed by atoms with van der Waals surface area (Å²) in [6.07, 6.45) is -0.194. The molecule has 86 valence electrons. The van der Waals surface area contributed by atoms with Crippen molar-refractivity contribution in [1.29, 1.82) is 5.26 Å². The molecule has 5 heteroatoms. The van der Waals surface area contributed by atoms with Crippen LogP contribution >= 0.6 is 27.5 Å². The fourth-order valence-electron chi connectivity index (χ4n) is 1.18. The summed E-state index contributed by atoms with van der Waals surface area (Å²) in [6.45, 7) is 0.377. The van der Waals surface area contributed by atoms with Gasteiger partial charge in [0.2, 0.25) is 0 Å². The predicted octanol–water partition coefficient (Wildman–Crippen LogP) is 3.07. The van der Waals surface area contributed by atoms with Gasteiger partial charge < -0.3 is 9.84 Å². The van der Waals surface area contributed by atoms with E-state index in [0.717, 1.165) is 4.47 Å². The lowest BCUT2D eigenvalue weighted by atomic mass is 10.1. The minimum absolute atomic E-state index is 0.0460. The highest BCUT2D eigenvalue weighted by atomic mass is 79.9. The molecule has 0 saturated heterocycles. The zero-order valence-electron chi connectivity index (χ0n) is 8.49. The molecule has 0 heterocycles. The maximum absolute atomic E-state index is 8.98. The van der Waals surface area contributed by atoms with Gasteiger partial charge in [0.1, 0.15) is 0 Å². The summed E-state index contributed by atoms with van der Waals surface area (Å²) in [5.41, 5.74) is 0.636. The van der Waals surface area contributed by atoms with Crippen molar-refractivity contribution in [2.75, 3.05) is 13.2 Å². The van der Waals surface area contributed by atoms with Crippen LogP contribution in [-0.4, -0.2) is 18.3 Å². The van der Waals surface area contributed by atoms with E-state index in [9.17, 15) is 0 Å². The highest BCUT2D eigenvalue weighted by Crippen LogP contribution is 2.28. The van der Waals surface area contributed by atoms with E-state index in [2.05, 4.69) is 15.9 Å². The van der Waals surface area contributed by atoms with Gasteiger partial charge >= 0.3 is 0 Å². The Kier molecular flexibility index (Phi) is 5.78. The maximum atomic E-state index is 8.98. The van der Waals surface area contributed by atoms with E-state index in [4.69, 9.17) is 26.7 Å². The van der Waals surface area contributed by atoms with Gasteiger partial charge in [0.25, 0.3) is 0 Å². The van der Waals surface area contributed by atoms with Gasteiger partial charge in [0, 0.05) is 21.7 Å². The van der Waals surface area contributed by atoms with E-state index >= 15 is 0 Å². The number of rotatable bonds is 5. The Hall–Kier alpha value is -0.600. The highest BCUT2D eigenvalue weighted by molar-refractivity contribution is 9.10. The fourth-order valence-corrected chi connectivity index (χ4v) is 1.77. The lowest BCUT2D eigenvalue weighted by Gasteiger charge is -2.12. The normalized spacial score (nSPS) is 12.1. The fraction of sp³-hybridized carbons (Fsp3) is 0.364. The second kappa shape index (κ2) is 6.87. The van der Waals surface area contributed by atoms with Crippen LogP contribution in [0.1, 0.15) is 18.1 Å². The number of nitriles is 1. The summed E-state index contributed by atoms with van der Waals surface area (Å²) in [6, 6.07) is 7.30. The van der Waals surface area contributed by atoms with Crippen molar-refractivity contribution < 1.29 is 9.84 Å². The van der Waals surface area contributed by atoms with Crippen LogP contribution in [0.15, 0.2) is 22.7 Å². The zero-order valence-corrected chi connectivity index (χ0v) is 10.8. The standard InChI is InChI=1S/C11H11BrClNO2/c12-8-2-3-10(13)9(6-8)11(7-14)16-5-1-4-15/h2-3,6,11,15H,1,4-5H2. The topological polar surface area (TPSA) is 53.2 Å². The SMILES string of the molecule is N#CC(OCCCO)c1cc(Br)ccc1Cl. The molecule has 16 heavy (non-hydrogen) atoms. The summed E-state index contributed by atoms with van der Waals surface area (Å²) < 4.78 is 6.17. The van der Waals surface area contributed by atoms with E-state index in [-0.39, 0.29) is 6.61 Å². The number of ether oxygens (including phenoxy) is 1. The van der Waals surface area contributed by atoms with Crippen LogP contribution in [0, 0.1) is 11.3 Å². The van der Waals surface area contributed by atoms with Crippen molar-refractivity contribution in [3.05, 3.63) is 33.3 Å². The molecular formula is C11H11BrClNO2. The average molecular weight is 305 g/mol. The summed E-state index contributed by atoms with van der Waals surface area (Å²) >= 11 is 9.29. The predicted molar refractivity (Wildman–Crippen MR) is 65.2 cm³/mol. The Labute approximate surface area is 108 Å². The summed E-state index contributed by atoms with van der Waals surface area (Å²) in [4.78, 5) is 0. The lowest BCUT2D eigenvalue weighted by molar-refractivity contribution is 0.0774. The quantitative estimate of drug-likeness (QED) is 0.851. The van der Waals surface area contributed by atoms with Crippen LogP contribution in [0.4, 0.5) is 0 Å². The minimum Gasteiger partial charge on any atom is -0.396 e. The lowest BCUT2D eigenvalue weighted by Crippen LogP contribution is -2.05. The number of aliphatic hydroxyl groups is 1. The number of benzene rings is 1. The van der Waals surface area contributed by atoms with Gasteiger partial charge in [-0.05, 0) is 24.6 Å². The van der Waals surface area contributed by atoms with Crippen LogP contribution in [0.25, 0.3) is 0 Å². The Morgan fingerprint density at radius 3 is 2.94 bits per heavy atom. The third kappa shape index (κ3) is 3.76. The molecule has 0 spiro atoms. The van der Waals surface area contributed by atoms with Crippen molar-refractivity contribution in [3.8, 4) is 6.07 Å². The van der Waals surface area contributed by atoms with Gasteiger partial charge in [-0.2, -0.15) is 5.26 Å². The van der Waals surface area contributed by atoms with Gasteiger partial charge in [-0.3, -0.25) is 0 Å². The van der Waals surface area contributed by atoms with Crippen molar-refractivity contribution in [2.45, 2.75) is 12.5 Å². The van der Waals surface area contributed by atoms with Crippen molar-refractivity contribution >= 4 is 27.5 Å². The molecule has 0 saturated carbocycles. The van der Waals surface area contributed by atoms with Crippen LogP contribution in [0.5, 0.6) is 0 Å². The van der Waals surface area contributed by atoms with E-state index in [0.29, 0.717) is 23.6 Å². The van der Waals surface area contributed by atoms with Crippen LogP contribution < -0.4 is 0 Å². The molecule has 0 aliphatic heterocycles. The molecule has 0 aromatic heterocycles. The first kappa shape index (κ1) is 13.5. The third-order valence-electron chi connectivity index (χ3n) is 1.94. The van der Waals surface area contributed by atoms with Gasteiger partial charge in [0.05, 0.1) is 12.7 Å². The summed E-state index contributed by atoms with van der Waals surface area (Å²) in [7, 11) is 0. The van der Waals surface area contributed by atoms with E-state index < -0.39 is 6.10 Å².